The summed E-state index contributed by atoms with van der Waals surface area (Å²) in [5, 5.41) is 6.65. The van der Waals surface area contributed by atoms with Crippen LogP contribution in [0.15, 0.2) is 52.3 Å². The number of hydrogen-bond acceptors (Lipinski definition) is 3. The monoisotopic (exact) mass is 445 g/mol. The molecule has 2 aromatic heterocycles. The first-order chi connectivity index (χ1) is 11.2. The summed E-state index contributed by atoms with van der Waals surface area (Å²) < 4.78 is 7.67. The quantitative estimate of drug-likeness (QED) is 0.373. The number of rotatable bonds is 8. The molecule has 2 aromatic rings. The van der Waals surface area contributed by atoms with Crippen molar-refractivity contribution in [2.24, 2.45) is 4.99 Å². The van der Waals surface area contributed by atoms with E-state index in [4.69, 9.17) is 9.41 Å². The summed E-state index contributed by atoms with van der Waals surface area (Å²) in [5.41, 5.74) is 0. The predicted octanol–water partition coefficient (Wildman–Crippen LogP) is 2.56. The number of likely N-dealkylation sites (N-methyl/N-ethyl adjacent to an activating group) is 1. The molecule has 24 heavy (non-hydrogen) atoms. The van der Waals surface area contributed by atoms with Crippen LogP contribution in [-0.2, 0) is 6.54 Å². The number of halogens is 1. The van der Waals surface area contributed by atoms with Crippen molar-refractivity contribution in [1.82, 2.24) is 20.1 Å². The lowest BCUT2D eigenvalue weighted by atomic mass is 10.2. The van der Waals surface area contributed by atoms with E-state index in [1.807, 2.05) is 38.4 Å². The first kappa shape index (κ1) is 20.6. The zero-order valence-electron chi connectivity index (χ0n) is 14.6. The van der Waals surface area contributed by atoms with Crippen LogP contribution < -0.4 is 10.6 Å². The predicted molar refractivity (Wildman–Crippen MR) is 109 cm³/mol. The minimum absolute atomic E-state index is 0. The van der Waals surface area contributed by atoms with Crippen LogP contribution in [0.5, 0.6) is 0 Å². The van der Waals surface area contributed by atoms with Crippen molar-refractivity contribution in [3.63, 3.8) is 0 Å². The lowest BCUT2D eigenvalue weighted by Crippen LogP contribution is -2.39. The summed E-state index contributed by atoms with van der Waals surface area (Å²) in [4.78, 5) is 6.81. The fourth-order valence-electron chi connectivity index (χ4n) is 2.33. The zero-order valence-corrected chi connectivity index (χ0v) is 16.9. The Bertz CT molecular complexity index is 566. The lowest BCUT2D eigenvalue weighted by molar-refractivity contribution is 0.265. The molecule has 0 aromatic carbocycles. The van der Waals surface area contributed by atoms with Crippen LogP contribution in [0.25, 0.3) is 0 Å². The molecule has 2 N–H and O–H groups in total. The molecule has 1 atom stereocenters. The highest BCUT2D eigenvalue weighted by Crippen LogP contribution is 2.18. The summed E-state index contributed by atoms with van der Waals surface area (Å²) in [6.45, 7) is 5.28. The summed E-state index contributed by atoms with van der Waals surface area (Å²) in [6, 6.07) is 8.10. The van der Waals surface area contributed by atoms with E-state index >= 15 is 0 Å². The van der Waals surface area contributed by atoms with Crippen LogP contribution in [0.3, 0.4) is 0 Å². The van der Waals surface area contributed by atoms with Crippen molar-refractivity contribution in [1.29, 1.82) is 0 Å². The zero-order chi connectivity index (χ0) is 16.5. The molecule has 0 aliphatic heterocycles. The van der Waals surface area contributed by atoms with Crippen molar-refractivity contribution in [3.8, 4) is 0 Å². The highest BCUT2D eigenvalue weighted by molar-refractivity contribution is 14.0. The molecular weight excluding hydrogens is 417 g/mol. The van der Waals surface area contributed by atoms with Crippen LogP contribution >= 0.6 is 24.0 Å². The van der Waals surface area contributed by atoms with Gasteiger partial charge >= 0.3 is 0 Å². The Hall–Kier alpha value is -1.48. The van der Waals surface area contributed by atoms with Gasteiger partial charge in [-0.25, -0.2) is 0 Å². The van der Waals surface area contributed by atoms with E-state index in [1.54, 1.807) is 6.26 Å². The third-order valence-corrected chi connectivity index (χ3v) is 3.59. The maximum atomic E-state index is 5.52. The second kappa shape index (κ2) is 11.1. The highest BCUT2D eigenvalue weighted by atomic mass is 127. The van der Waals surface area contributed by atoms with E-state index in [9.17, 15) is 0 Å². The molecule has 0 bridgehead atoms. The van der Waals surface area contributed by atoms with E-state index in [1.165, 1.54) is 0 Å². The van der Waals surface area contributed by atoms with Gasteiger partial charge in [0.15, 0.2) is 5.96 Å². The molecule has 1 unspecified atom stereocenters. The number of guanidine groups is 1. The Morgan fingerprint density at radius 2 is 2.00 bits per heavy atom. The normalized spacial score (nSPS) is 12.8. The van der Waals surface area contributed by atoms with Gasteiger partial charge in [-0.05, 0) is 45.3 Å². The minimum Gasteiger partial charge on any atom is -0.468 e. The molecule has 0 radical (unpaired) electrons. The Balaban J connectivity index is 0.00000288. The average molecular weight is 445 g/mol. The molecule has 7 heteroatoms. The second-order valence-electron chi connectivity index (χ2n) is 5.56. The van der Waals surface area contributed by atoms with Crippen LogP contribution in [0.1, 0.15) is 18.7 Å². The Morgan fingerprint density at radius 3 is 2.58 bits per heavy atom. The lowest BCUT2D eigenvalue weighted by Gasteiger charge is -2.21. The summed E-state index contributed by atoms with van der Waals surface area (Å²) >= 11 is 0. The fraction of sp³-hybridized carbons (Fsp3) is 0.471. The number of furan rings is 1. The van der Waals surface area contributed by atoms with E-state index in [0.717, 1.165) is 31.4 Å². The standard InChI is InChI=1S/C17H27N5O.HI/c1-4-18-17(19-9-12-22-10-5-6-11-22)20-14-15(21(2)3)16-8-7-13-23-16;/h5-8,10-11,13,15H,4,9,12,14H2,1-3H3,(H2,18,19,20);1H. The highest BCUT2D eigenvalue weighted by Gasteiger charge is 2.16. The van der Waals surface area contributed by atoms with Gasteiger partial charge in [0.2, 0.25) is 0 Å². The fourth-order valence-corrected chi connectivity index (χ4v) is 2.33. The number of nitrogens with zero attached hydrogens (tertiary/aromatic N) is 3. The number of hydrogen-bond donors (Lipinski definition) is 2. The summed E-state index contributed by atoms with van der Waals surface area (Å²) in [5.74, 6) is 1.76. The van der Waals surface area contributed by atoms with Crippen LogP contribution in [0, 0.1) is 0 Å². The van der Waals surface area contributed by atoms with Crippen molar-refractivity contribution >= 4 is 29.9 Å². The Morgan fingerprint density at radius 1 is 1.25 bits per heavy atom. The molecule has 0 amide bonds. The number of aromatic nitrogens is 1. The molecule has 134 valence electrons. The Kier molecular flexibility index (Phi) is 9.55. The third kappa shape index (κ3) is 6.56. The van der Waals surface area contributed by atoms with E-state index in [0.29, 0.717) is 6.54 Å². The maximum absolute atomic E-state index is 5.52. The van der Waals surface area contributed by atoms with Crippen LogP contribution in [0.2, 0.25) is 0 Å². The van der Waals surface area contributed by atoms with E-state index < -0.39 is 0 Å². The van der Waals surface area contributed by atoms with Crippen LogP contribution in [0.4, 0.5) is 0 Å². The number of aliphatic imine (C=N–C) groups is 1. The molecule has 0 spiro atoms. The third-order valence-electron chi connectivity index (χ3n) is 3.59. The Labute approximate surface area is 161 Å². The molecule has 6 nitrogen and oxygen atoms in total. The van der Waals surface area contributed by atoms with Gasteiger partial charge in [0.1, 0.15) is 5.76 Å². The van der Waals surface area contributed by atoms with Crippen LogP contribution in [-0.4, -0.2) is 49.2 Å². The summed E-state index contributed by atoms with van der Waals surface area (Å²) in [7, 11) is 4.07. The minimum atomic E-state index is 0. The van der Waals surface area contributed by atoms with Gasteiger partial charge in [-0.3, -0.25) is 9.89 Å². The van der Waals surface area contributed by atoms with Gasteiger partial charge in [-0.2, -0.15) is 0 Å². The molecule has 0 fully saturated rings. The molecule has 0 saturated carbocycles. The SMILES string of the molecule is CCNC(=NCC(c1ccco1)N(C)C)NCCn1cccc1.I. The summed E-state index contributed by atoms with van der Waals surface area (Å²) in [6.07, 6.45) is 5.82. The second-order valence-corrected chi connectivity index (χ2v) is 5.56. The molecule has 2 heterocycles. The average Bonchev–Trinajstić information content (AvgIpc) is 3.20. The van der Waals surface area contributed by atoms with Gasteiger partial charge < -0.3 is 19.6 Å². The van der Waals surface area contributed by atoms with Gasteiger partial charge in [-0.1, -0.05) is 0 Å². The van der Waals surface area contributed by atoms with Gasteiger partial charge in [0.25, 0.3) is 0 Å². The van der Waals surface area contributed by atoms with Gasteiger partial charge in [-0.15, -0.1) is 24.0 Å². The van der Waals surface area contributed by atoms with E-state index in [2.05, 4.69) is 39.4 Å². The maximum Gasteiger partial charge on any atom is 0.191 e. The molecule has 0 saturated heterocycles. The largest absolute Gasteiger partial charge is 0.468 e. The van der Waals surface area contributed by atoms with Gasteiger partial charge in [0.05, 0.1) is 18.8 Å². The first-order valence-electron chi connectivity index (χ1n) is 8.03. The molecule has 0 aliphatic carbocycles. The van der Waals surface area contributed by atoms with E-state index in [-0.39, 0.29) is 30.0 Å². The first-order valence-corrected chi connectivity index (χ1v) is 8.03. The molecule has 2 rings (SSSR count). The van der Waals surface area contributed by atoms with Crippen molar-refractivity contribution in [3.05, 3.63) is 48.7 Å². The van der Waals surface area contributed by atoms with Crippen molar-refractivity contribution in [2.45, 2.75) is 19.5 Å². The van der Waals surface area contributed by atoms with Crippen molar-refractivity contribution < 1.29 is 4.42 Å². The van der Waals surface area contributed by atoms with Gasteiger partial charge in [0, 0.05) is 32.0 Å². The number of nitrogens with one attached hydrogen (secondary N) is 2. The topological polar surface area (TPSA) is 57.7 Å². The molecule has 0 aliphatic rings. The smallest absolute Gasteiger partial charge is 0.191 e. The van der Waals surface area contributed by atoms with Crippen molar-refractivity contribution in [2.75, 3.05) is 33.7 Å². The molecular formula is C17H28IN5O.